The van der Waals surface area contributed by atoms with Gasteiger partial charge in [0.2, 0.25) is 0 Å². The first kappa shape index (κ1) is 18.1. The Hall–Kier alpha value is -4.50. The zero-order chi connectivity index (χ0) is 21.8. The standard InChI is InChI=1S/C30H18N2O/c1-2-9-20(10-3-1)27-29-28(25-12-6-7-13-26(25)33-29)32-30(31-27)22-16-17-24-21(18-22)15-14-19-8-4-5-11-23(19)24/h1-18H. The summed E-state index contributed by atoms with van der Waals surface area (Å²) in [7, 11) is 0. The van der Waals surface area contributed by atoms with Crippen molar-refractivity contribution < 1.29 is 4.42 Å². The smallest absolute Gasteiger partial charge is 0.180 e. The summed E-state index contributed by atoms with van der Waals surface area (Å²) in [5, 5.41) is 5.90. The van der Waals surface area contributed by atoms with E-state index in [0.29, 0.717) is 5.82 Å². The van der Waals surface area contributed by atoms with E-state index < -0.39 is 0 Å². The van der Waals surface area contributed by atoms with Crippen molar-refractivity contribution in [1.29, 1.82) is 0 Å². The molecular formula is C30H18N2O. The topological polar surface area (TPSA) is 38.9 Å². The molecule has 0 N–H and O–H groups in total. The summed E-state index contributed by atoms with van der Waals surface area (Å²) in [6.45, 7) is 0. The van der Waals surface area contributed by atoms with Crippen LogP contribution in [0.2, 0.25) is 0 Å². The third-order valence-corrected chi connectivity index (χ3v) is 6.27. The average Bonchev–Trinajstić information content (AvgIpc) is 3.27. The highest BCUT2D eigenvalue weighted by molar-refractivity contribution is 6.09. The van der Waals surface area contributed by atoms with Crippen LogP contribution in [-0.4, -0.2) is 9.97 Å². The Bertz CT molecular complexity index is 1820. The number of hydrogen-bond acceptors (Lipinski definition) is 3. The van der Waals surface area contributed by atoms with Crippen LogP contribution in [0.1, 0.15) is 0 Å². The molecule has 0 radical (unpaired) electrons. The Morgan fingerprint density at radius 3 is 2.15 bits per heavy atom. The Labute approximate surface area is 190 Å². The molecular weight excluding hydrogens is 404 g/mol. The highest BCUT2D eigenvalue weighted by atomic mass is 16.3. The van der Waals surface area contributed by atoms with Crippen LogP contribution in [0.3, 0.4) is 0 Å². The second-order valence-electron chi connectivity index (χ2n) is 8.26. The van der Waals surface area contributed by atoms with Crippen molar-refractivity contribution >= 4 is 43.6 Å². The number of rotatable bonds is 2. The molecule has 7 aromatic rings. The fourth-order valence-corrected chi connectivity index (χ4v) is 4.66. The van der Waals surface area contributed by atoms with Crippen molar-refractivity contribution in [3.8, 4) is 22.6 Å². The zero-order valence-corrected chi connectivity index (χ0v) is 17.7. The van der Waals surface area contributed by atoms with Crippen LogP contribution < -0.4 is 0 Å². The van der Waals surface area contributed by atoms with Crippen molar-refractivity contribution in [2.45, 2.75) is 0 Å². The maximum absolute atomic E-state index is 6.22. The number of furan rings is 1. The summed E-state index contributed by atoms with van der Waals surface area (Å²) in [4.78, 5) is 9.98. The molecule has 0 saturated carbocycles. The minimum atomic E-state index is 0.697. The van der Waals surface area contributed by atoms with Gasteiger partial charge in [0.05, 0.1) is 0 Å². The van der Waals surface area contributed by atoms with Crippen molar-refractivity contribution in [3.63, 3.8) is 0 Å². The van der Waals surface area contributed by atoms with E-state index in [1.807, 2.05) is 36.4 Å². The van der Waals surface area contributed by atoms with Gasteiger partial charge in [0.1, 0.15) is 16.8 Å². The summed E-state index contributed by atoms with van der Waals surface area (Å²) in [5.41, 5.74) is 5.19. The van der Waals surface area contributed by atoms with Crippen LogP contribution in [0.5, 0.6) is 0 Å². The lowest BCUT2D eigenvalue weighted by Gasteiger charge is -2.08. The van der Waals surface area contributed by atoms with Crippen LogP contribution in [0.15, 0.2) is 114 Å². The normalized spacial score (nSPS) is 11.6. The zero-order valence-electron chi connectivity index (χ0n) is 17.7. The van der Waals surface area contributed by atoms with Crippen LogP contribution in [-0.2, 0) is 0 Å². The monoisotopic (exact) mass is 422 g/mol. The molecule has 154 valence electrons. The molecule has 0 aliphatic rings. The Morgan fingerprint density at radius 1 is 0.515 bits per heavy atom. The van der Waals surface area contributed by atoms with E-state index in [4.69, 9.17) is 14.4 Å². The number of benzene rings is 5. The molecule has 0 unspecified atom stereocenters. The van der Waals surface area contributed by atoms with Gasteiger partial charge in [-0.05, 0) is 39.7 Å². The van der Waals surface area contributed by atoms with Gasteiger partial charge >= 0.3 is 0 Å². The maximum atomic E-state index is 6.22. The molecule has 0 aliphatic heterocycles. The number of nitrogens with zero attached hydrogens (tertiary/aromatic N) is 2. The van der Waals surface area contributed by atoms with Crippen molar-refractivity contribution in [2.75, 3.05) is 0 Å². The number of aromatic nitrogens is 2. The lowest BCUT2D eigenvalue weighted by Crippen LogP contribution is -1.94. The van der Waals surface area contributed by atoms with Gasteiger partial charge in [-0.25, -0.2) is 9.97 Å². The number of fused-ring (bicyclic) bond motifs is 6. The van der Waals surface area contributed by atoms with E-state index in [2.05, 4.69) is 72.8 Å². The van der Waals surface area contributed by atoms with Gasteiger partial charge in [0.25, 0.3) is 0 Å². The largest absolute Gasteiger partial charge is 0.452 e. The predicted octanol–water partition coefficient (Wildman–Crippen LogP) is 8.02. The van der Waals surface area contributed by atoms with E-state index in [1.54, 1.807) is 0 Å². The van der Waals surface area contributed by atoms with Gasteiger partial charge in [0.15, 0.2) is 11.4 Å². The molecule has 7 rings (SSSR count). The first-order valence-electron chi connectivity index (χ1n) is 11.0. The molecule has 3 heteroatoms. The molecule has 0 aliphatic carbocycles. The van der Waals surface area contributed by atoms with Crippen LogP contribution in [0.4, 0.5) is 0 Å². The molecule has 0 saturated heterocycles. The van der Waals surface area contributed by atoms with Gasteiger partial charge < -0.3 is 4.42 Å². The Morgan fingerprint density at radius 2 is 1.24 bits per heavy atom. The quantitative estimate of drug-likeness (QED) is 0.265. The number of para-hydroxylation sites is 1. The molecule has 2 aromatic heterocycles. The van der Waals surface area contributed by atoms with Crippen LogP contribution in [0, 0.1) is 0 Å². The van der Waals surface area contributed by atoms with Crippen molar-refractivity contribution in [1.82, 2.24) is 9.97 Å². The van der Waals surface area contributed by atoms with Gasteiger partial charge in [-0.1, -0.05) is 91.0 Å². The molecule has 5 aromatic carbocycles. The predicted molar refractivity (Wildman–Crippen MR) is 135 cm³/mol. The minimum absolute atomic E-state index is 0.697. The second-order valence-corrected chi connectivity index (χ2v) is 8.26. The van der Waals surface area contributed by atoms with E-state index in [9.17, 15) is 0 Å². The first-order valence-corrected chi connectivity index (χ1v) is 11.0. The summed E-state index contributed by atoms with van der Waals surface area (Å²) in [6.07, 6.45) is 0. The second kappa shape index (κ2) is 7.01. The summed E-state index contributed by atoms with van der Waals surface area (Å²) < 4.78 is 6.22. The van der Waals surface area contributed by atoms with E-state index >= 15 is 0 Å². The fraction of sp³-hybridized carbons (Fsp3) is 0. The Kier molecular flexibility index (Phi) is 3.84. The first-order chi connectivity index (χ1) is 16.3. The lowest BCUT2D eigenvalue weighted by molar-refractivity contribution is 0.667. The molecule has 0 fully saturated rings. The lowest BCUT2D eigenvalue weighted by atomic mass is 10.00. The molecule has 0 bridgehead atoms. The summed E-state index contributed by atoms with van der Waals surface area (Å²) >= 11 is 0. The van der Waals surface area contributed by atoms with Crippen molar-refractivity contribution in [2.24, 2.45) is 0 Å². The third kappa shape index (κ3) is 2.83. The third-order valence-electron chi connectivity index (χ3n) is 6.27. The maximum Gasteiger partial charge on any atom is 0.180 e. The summed E-state index contributed by atoms with van der Waals surface area (Å²) in [5.74, 6) is 0.697. The van der Waals surface area contributed by atoms with Gasteiger partial charge in [0, 0.05) is 16.5 Å². The molecule has 0 spiro atoms. The Balaban J connectivity index is 1.52. The van der Waals surface area contributed by atoms with Crippen LogP contribution in [0.25, 0.3) is 66.3 Å². The van der Waals surface area contributed by atoms with E-state index in [1.165, 1.54) is 21.5 Å². The highest BCUT2D eigenvalue weighted by Gasteiger charge is 2.18. The fourth-order valence-electron chi connectivity index (χ4n) is 4.66. The highest BCUT2D eigenvalue weighted by Crippen LogP contribution is 2.36. The van der Waals surface area contributed by atoms with Gasteiger partial charge in [-0.2, -0.15) is 0 Å². The minimum Gasteiger partial charge on any atom is -0.452 e. The van der Waals surface area contributed by atoms with Gasteiger partial charge in [-0.15, -0.1) is 0 Å². The van der Waals surface area contributed by atoms with Crippen molar-refractivity contribution in [3.05, 3.63) is 109 Å². The summed E-state index contributed by atoms with van der Waals surface area (Å²) in [6, 6.07) is 37.5. The SMILES string of the molecule is c1ccc(-c2nc(-c3ccc4c(ccc5ccccc54)c3)nc3c2oc2ccccc23)cc1. The van der Waals surface area contributed by atoms with E-state index in [-0.39, 0.29) is 0 Å². The van der Waals surface area contributed by atoms with Gasteiger partial charge in [-0.3, -0.25) is 0 Å². The molecule has 2 heterocycles. The average molecular weight is 422 g/mol. The molecule has 33 heavy (non-hydrogen) atoms. The van der Waals surface area contributed by atoms with E-state index in [0.717, 1.165) is 38.9 Å². The number of hydrogen-bond donors (Lipinski definition) is 0. The molecule has 3 nitrogen and oxygen atoms in total. The van der Waals surface area contributed by atoms with Crippen LogP contribution >= 0.6 is 0 Å². The molecule has 0 amide bonds. The molecule has 0 atom stereocenters.